The molecule has 0 fully saturated rings. The second-order valence-electron chi connectivity index (χ2n) is 6.51. The van der Waals surface area contributed by atoms with Crippen molar-refractivity contribution in [2.45, 2.75) is 18.9 Å². The molecule has 0 spiro atoms. The molecule has 1 unspecified atom stereocenters. The maximum Gasteiger partial charge on any atom is 0.366 e. The van der Waals surface area contributed by atoms with E-state index in [0.29, 0.717) is 23.8 Å². The van der Waals surface area contributed by atoms with Gasteiger partial charge in [-0.25, -0.2) is 24.8 Å². The largest absolute Gasteiger partial charge is 0.474 e. The lowest BCUT2D eigenvalue weighted by atomic mass is 10.0. The highest BCUT2D eigenvalue weighted by Crippen LogP contribution is 2.26. The van der Waals surface area contributed by atoms with Gasteiger partial charge >= 0.3 is 5.82 Å². The highest BCUT2D eigenvalue weighted by atomic mass is 19.1. The zero-order valence-electron chi connectivity index (χ0n) is 14.3. The highest BCUT2D eigenvalue weighted by molar-refractivity contribution is 5.57. The average molecular weight is 370 g/mol. The zero-order valence-corrected chi connectivity index (χ0v) is 14.3. The Morgan fingerprint density at radius 2 is 2.04 bits per heavy atom. The van der Waals surface area contributed by atoms with Crippen LogP contribution in [0.3, 0.4) is 0 Å². The highest BCUT2D eigenvalue weighted by Gasteiger charge is 2.41. The van der Waals surface area contributed by atoms with E-state index in [1.807, 2.05) is 6.92 Å². The van der Waals surface area contributed by atoms with Gasteiger partial charge in [-0.2, -0.15) is 0 Å². The molecule has 9 nitrogen and oxygen atoms in total. The lowest BCUT2D eigenvalue weighted by Crippen LogP contribution is -2.42. The number of nitro groups is 1. The molecule has 2 aromatic heterocycles. The first kappa shape index (κ1) is 16.9. The van der Waals surface area contributed by atoms with Crippen LogP contribution in [0, 0.1) is 15.9 Å². The third-order valence-electron chi connectivity index (χ3n) is 4.24. The van der Waals surface area contributed by atoms with Crippen LogP contribution in [-0.2, 0) is 6.42 Å². The number of aromatic nitrogens is 4. The van der Waals surface area contributed by atoms with Gasteiger partial charge in [0.25, 0.3) is 0 Å². The second kappa shape index (κ2) is 6.31. The first-order chi connectivity index (χ1) is 12.9. The molecule has 1 aliphatic rings. The van der Waals surface area contributed by atoms with E-state index in [4.69, 9.17) is 4.74 Å². The molecule has 1 N–H and O–H groups in total. The molecule has 1 aliphatic heterocycles. The summed E-state index contributed by atoms with van der Waals surface area (Å²) in [5.41, 5.74) is 3.84. The zero-order chi connectivity index (χ0) is 19.0. The van der Waals surface area contributed by atoms with Gasteiger partial charge in [-0.3, -0.25) is 0 Å². The van der Waals surface area contributed by atoms with Crippen LogP contribution in [0.15, 0.2) is 42.9 Å². The standard InChI is InChI=1S/C17H15FN6O3/c1-17(6-14-20-9-16(24(25)26)23(14)22-17)10-27-15-8-19-13(7-21-15)11-2-4-12(18)5-3-11/h2-5,7-9,22H,6,10H2,1H3. The van der Waals surface area contributed by atoms with E-state index in [9.17, 15) is 14.5 Å². The van der Waals surface area contributed by atoms with Gasteiger partial charge < -0.3 is 14.9 Å². The minimum atomic E-state index is -0.564. The van der Waals surface area contributed by atoms with E-state index in [-0.39, 0.29) is 18.2 Å². The smallest absolute Gasteiger partial charge is 0.366 e. The summed E-state index contributed by atoms with van der Waals surface area (Å²) in [6.45, 7) is 2.10. The number of hydrogen-bond donors (Lipinski definition) is 1. The van der Waals surface area contributed by atoms with Crippen LogP contribution in [0.5, 0.6) is 5.88 Å². The molecule has 0 amide bonds. The normalized spacial score (nSPS) is 18.0. The fraction of sp³-hybridized carbons (Fsp3) is 0.235. The van der Waals surface area contributed by atoms with Gasteiger partial charge in [0.15, 0.2) is 0 Å². The lowest BCUT2D eigenvalue weighted by Gasteiger charge is -2.21. The van der Waals surface area contributed by atoms with Crippen LogP contribution in [0.1, 0.15) is 12.7 Å². The summed E-state index contributed by atoms with van der Waals surface area (Å²) < 4.78 is 20.1. The van der Waals surface area contributed by atoms with Crippen LogP contribution in [0.25, 0.3) is 11.3 Å². The van der Waals surface area contributed by atoms with Gasteiger partial charge in [0.1, 0.15) is 24.2 Å². The summed E-state index contributed by atoms with van der Waals surface area (Å²) in [5.74, 6) is 0.467. The average Bonchev–Trinajstić information content (AvgIpc) is 3.18. The van der Waals surface area contributed by atoms with Crippen molar-refractivity contribution in [2.24, 2.45) is 0 Å². The van der Waals surface area contributed by atoms with Crippen LogP contribution in [0.2, 0.25) is 0 Å². The predicted molar refractivity (Wildman–Crippen MR) is 93.3 cm³/mol. The van der Waals surface area contributed by atoms with Crippen molar-refractivity contribution < 1.29 is 14.1 Å². The van der Waals surface area contributed by atoms with Crippen molar-refractivity contribution in [1.29, 1.82) is 0 Å². The number of nitrogens with one attached hydrogen (secondary N) is 1. The van der Waals surface area contributed by atoms with E-state index in [2.05, 4.69) is 20.4 Å². The van der Waals surface area contributed by atoms with Gasteiger partial charge in [0.2, 0.25) is 11.7 Å². The summed E-state index contributed by atoms with van der Waals surface area (Å²) in [6, 6.07) is 5.96. The number of nitrogens with zero attached hydrogens (tertiary/aromatic N) is 5. The molecule has 1 atom stereocenters. The number of rotatable bonds is 5. The molecule has 0 aliphatic carbocycles. The molecule has 0 radical (unpaired) electrons. The van der Waals surface area contributed by atoms with E-state index < -0.39 is 10.5 Å². The van der Waals surface area contributed by atoms with Crippen molar-refractivity contribution in [3.8, 4) is 17.1 Å². The maximum absolute atomic E-state index is 13.0. The van der Waals surface area contributed by atoms with Crippen molar-refractivity contribution in [3.63, 3.8) is 0 Å². The molecule has 0 saturated carbocycles. The summed E-state index contributed by atoms with van der Waals surface area (Å²) in [7, 11) is 0. The van der Waals surface area contributed by atoms with Crippen molar-refractivity contribution >= 4 is 5.82 Å². The minimum Gasteiger partial charge on any atom is -0.474 e. The number of ether oxygens (including phenoxy) is 1. The van der Waals surface area contributed by atoms with Gasteiger partial charge in [0, 0.05) is 5.56 Å². The molecule has 27 heavy (non-hydrogen) atoms. The van der Waals surface area contributed by atoms with Crippen LogP contribution in [0.4, 0.5) is 10.2 Å². The lowest BCUT2D eigenvalue weighted by molar-refractivity contribution is -0.391. The Labute approximate surface area is 153 Å². The summed E-state index contributed by atoms with van der Waals surface area (Å²) in [6.07, 6.45) is 4.73. The predicted octanol–water partition coefficient (Wildman–Crippen LogP) is 2.32. The molecular formula is C17H15FN6O3. The number of fused-ring (bicyclic) bond motifs is 1. The fourth-order valence-electron chi connectivity index (χ4n) is 2.89. The molecule has 3 aromatic rings. The first-order valence-electron chi connectivity index (χ1n) is 8.13. The van der Waals surface area contributed by atoms with Crippen LogP contribution >= 0.6 is 0 Å². The van der Waals surface area contributed by atoms with Gasteiger partial charge in [-0.15, -0.1) is 4.68 Å². The summed E-state index contributed by atoms with van der Waals surface area (Å²) >= 11 is 0. The number of imidazole rings is 1. The molecule has 0 saturated heterocycles. The van der Waals surface area contributed by atoms with E-state index in [0.717, 1.165) is 5.56 Å². The Kier molecular flexibility index (Phi) is 3.94. The van der Waals surface area contributed by atoms with Crippen molar-refractivity contribution in [2.75, 3.05) is 12.0 Å². The summed E-state index contributed by atoms with van der Waals surface area (Å²) in [4.78, 5) is 23.1. The summed E-state index contributed by atoms with van der Waals surface area (Å²) in [5, 5.41) is 11.0. The Morgan fingerprint density at radius 3 is 2.70 bits per heavy atom. The molecule has 3 heterocycles. The second-order valence-corrected chi connectivity index (χ2v) is 6.51. The van der Waals surface area contributed by atoms with E-state index in [1.54, 1.807) is 18.3 Å². The number of hydrogen-bond acceptors (Lipinski definition) is 7. The molecular weight excluding hydrogens is 355 g/mol. The third-order valence-corrected chi connectivity index (χ3v) is 4.24. The van der Waals surface area contributed by atoms with E-state index in [1.165, 1.54) is 29.2 Å². The van der Waals surface area contributed by atoms with Gasteiger partial charge in [-0.1, -0.05) is 0 Å². The van der Waals surface area contributed by atoms with E-state index >= 15 is 0 Å². The van der Waals surface area contributed by atoms with Crippen molar-refractivity contribution in [3.05, 3.63) is 64.6 Å². The molecule has 10 heteroatoms. The number of benzene rings is 1. The molecule has 0 bridgehead atoms. The topological polar surface area (TPSA) is 108 Å². The van der Waals surface area contributed by atoms with Gasteiger partial charge in [0.05, 0.1) is 24.5 Å². The monoisotopic (exact) mass is 370 g/mol. The molecule has 138 valence electrons. The maximum atomic E-state index is 13.0. The Morgan fingerprint density at radius 1 is 1.26 bits per heavy atom. The first-order valence-corrected chi connectivity index (χ1v) is 8.13. The van der Waals surface area contributed by atoms with Crippen molar-refractivity contribution in [1.82, 2.24) is 19.6 Å². The minimum absolute atomic E-state index is 0.114. The Balaban J connectivity index is 1.42. The fourth-order valence-corrected chi connectivity index (χ4v) is 2.89. The van der Waals surface area contributed by atoms with Gasteiger partial charge in [-0.05, 0) is 36.1 Å². The Bertz CT molecular complexity index is 989. The van der Waals surface area contributed by atoms with Crippen LogP contribution < -0.4 is 10.2 Å². The van der Waals surface area contributed by atoms with Crippen LogP contribution in [-0.4, -0.2) is 36.7 Å². The quantitative estimate of drug-likeness (QED) is 0.542. The molecule has 4 rings (SSSR count). The number of halogens is 1. The Hall–Kier alpha value is -3.56. The third kappa shape index (κ3) is 3.28. The SMILES string of the molecule is CC1(COc2cnc(-c3ccc(F)cc3)cn2)Cc2ncc([N+](=O)[O-])n2N1. The molecule has 1 aromatic carbocycles.